The van der Waals surface area contributed by atoms with Crippen LogP contribution >= 0.6 is 0 Å². The second-order valence-corrected chi connectivity index (χ2v) is 5.08. The quantitative estimate of drug-likeness (QED) is 0.653. The summed E-state index contributed by atoms with van der Waals surface area (Å²) in [6.07, 6.45) is 1.85. The smallest absolute Gasteiger partial charge is 0.118 e. The van der Waals surface area contributed by atoms with E-state index in [-0.39, 0.29) is 12.2 Å². The Morgan fingerprint density at radius 2 is 1.71 bits per heavy atom. The van der Waals surface area contributed by atoms with Crippen molar-refractivity contribution in [3.05, 3.63) is 36.1 Å². The zero-order valence-electron chi connectivity index (χ0n) is 13.6. The molecule has 21 heavy (non-hydrogen) atoms. The maximum Gasteiger partial charge on any atom is 0.118 e. The molecule has 2 unspecified atom stereocenters. The molecular weight excluding hydrogens is 268 g/mol. The Bertz CT molecular complexity index is 425. The predicted molar refractivity (Wildman–Crippen MR) is 84.5 cm³/mol. The zero-order chi connectivity index (χ0) is 15.7. The minimum Gasteiger partial charge on any atom is -0.497 e. The van der Waals surface area contributed by atoms with Crippen molar-refractivity contribution in [2.45, 2.75) is 33.0 Å². The lowest BCUT2D eigenvalue weighted by Gasteiger charge is -2.16. The van der Waals surface area contributed by atoms with Crippen LogP contribution in [0, 0.1) is 0 Å². The van der Waals surface area contributed by atoms with Gasteiger partial charge >= 0.3 is 0 Å². The molecule has 0 fully saturated rings. The maximum absolute atomic E-state index is 5.68. The van der Waals surface area contributed by atoms with Gasteiger partial charge < -0.3 is 18.9 Å². The Hall–Kier alpha value is -1.52. The molecule has 118 valence electrons. The summed E-state index contributed by atoms with van der Waals surface area (Å²) in [6, 6.07) is 7.89. The van der Waals surface area contributed by atoms with E-state index in [1.165, 1.54) is 0 Å². The standard InChI is InChI=1S/C17H26O4/c1-13(16-6-8-17(19-5)9-7-16)10-20-15(3)12-21-14(2)11-18-4/h6-10,14-15H,11-12H2,1-5H3/b13-10-. The average molecular weight is 294 g/mol. The third-order valence-corrected chi connectivity index (χ3v) is 3.04. The number of hydrogen-bond acceptors (Lipinski definition) is 4. The van der Waals surface area contributed by atoms with Crippen LogP contribution in [0.3, 0.4) is 0 Å². The van der Waals surface area contributed by atoms with E-state index in [1.54, 1.807) is 20.5 Å². The van der Waals surface area contributed by atoms with Crippen molar-refractivity contribution < 1.29 is 18.9 Å². The first-order valence-corrected chi connectivity index (χ1v) is 7.14. The number of rotatable bonds is 9. The topological polar surface area (TPSA) is 36.9 Å². The van der Waals surface area contributed by atoms with Crippen molar-refractivity contribution in [1.29, 1.82) is 0 Å². The van der Waals surface area contributed by atoms with E-state index in [1.807, 2.05) is 45.0 Å². The molecule has 0 saturated heterocycles. The lowest BCUT2D eigenvalue weighted by Crippen LogP contribution is -2.21. The summed E-state index contributed by atoms with van der Waals surface area (Å²) in [5.41, 5.74) is 2.17. The van der Waals surface area contributed by atoms with Gasteiger partial charge in [-0.3, -0.25) is 0 Å². The number of methoxy groups -OCH3 is 2. The highest BCUT2D eigenvalue weighted by Gasteiger charge is 2.06. The summed E-state index contributed by atoms with van der Waals surface area (Å²) >= 11 is 0. The van der Waals surface area contributed by atoms with Gasteiger partial charge in [0.25, 0.3) is 0 Å². The van der Waals surface area contributed by atoms with Crippen LogP contribution in [0.25, 0.3) is 5.57 Å². The van der Waals surface area contributed by atoms with E-state index >= 15 is 0 Å². The summed E-state index contributed by atoms with van der Waals surface area (Å²) in [6.45, 7) is 7.11. The summed E-state index contributed by atoms with van der Waals surface area (Å²) in [5, 5.41) is 0. The SMILES string of the molecule is COCC(C)OCC(C)O/C=C(/C)c1ccc(OC)cc1. The number of benzene rings is 1. The fourth-order valence-corrected chi connectivity index (χ4v) is 1.76. The summed E-state index contributed by atoms with van der Waals surface area (Å²) < 4.78 is 21.5. The summed E-state index contributed by atoms with van der Waals surface area (Å²) in [7, 11) is 3.33. The van der Waals surface area contributed by atoms with E-state index in [0.29, 0.717) is 13.2 Å². The van der Waals surface area contributed by atoms with Gasteiger partial charge in [0, 0.05) is 7.11 Å². The molecule has 0 aliphatic rings. The van der Waals surface area contributed by atoms with Crippen molar-refractivity contribution in [2.75, 3.05) is 27.4 Å². The van der Waals surface area contributed by atoms with Crippen LogP contribution in [0.4, 0.5) is 0 Å². The Morgan fingerprint density at radius 1 is 1.05 bits per heavy atom. The van der Waals surface area contributed by atoms with Crippen LogP contribution in [0.2, 0.25) is 0 Å². The molecule has 0 bridgehead atoms. The van der Waals surface area contributed by atoms with Gasteiger partial charge in [0.15, 0.2) is 0 Å². The first-order chi connectivity index (χ1) is 10.1. The molecule has 2 atom stereocenters. The highest BCUT2D eigenvalue weighted by Crippen LogP contribution is 2.18. The van der Waals surface area contributed by atoms with E-state index in [2.05, 4.69) is 0 Å². The molecule has 0 aliphatic heterocycles. The molecule has 0 spiro atoms. The second-order valence-electron chi connectivity index (χ2n) is 5.08. The molecule has 0 aromatic heterocycles. The Morgan fingerprint density at radius 3 is 2.29 bits per heavy atom. The summed E-state index contributed by atoms with van der Waals surface area (Å²) in [5.74, 6) is 0.848. The average Bonchev–Trinajstić information content (AvgIpc) is 2.51. The Kier molecular flexibility index (Phi) is 7.87. The van der Waals surface area contributed by atoms with Crippen molar-refractivity contribution in [3.63, 3.8) is 0 Å². The number of hydrogen-bond donors (Lipinski definition) is 0. The van der Waals surface area contributed by atoms with Crippen LogP contribution in [0.1, 0.15) is 26.3 Å². The van der Waals surface area contributed by atoms with Crippen LogP contribution in [0.15, 0.2) is 30.5 Å². The normalized spacial score (nSPS) is 14.6. The molecule has 0 N–H and O–H groups in total. The fourth-order valence-electron chi connectivity index (χ4n) is 1.76. The molecule has 4 heteroatoms. The molecule has 0 saturated carbocycles. The van der Waals surface area contributed by atoms with E-state index < -0.39 is 0 Å². The third kappa shape index (κ3) is 6.65. The van der Waals surface area contributed by atoms with Gasteiger partial charge in [-0.25, -0.2) is 0 Å². The third-order valence-electron chi connectivity index (χ3n) is 3.04. The van der Waals surface area contributed by atoms with Gasteiger partial charge in [-0.1, -0.05) is 12.1 Å². The first-order valence-electron chi connectivity index (χ1n) is 7.14. The zero-order valence-corrected chi connectivity index (χ0v) is 13.6. The molecule has 4 nitrogen and oxygen atoms in total. The number of ether oxygens (including phenoxy) is 4. The van der Waals surface area contributed by atoms with E-state index in [9.17, 15) is 0 Å². The van der Waals surface area contributed by atoms with Gasteiger partial charge in [-0.2, -0.15) is 0 Å². The Balaban J connectivity index is 2.43. The van der Waals surface area contributed by atoms with Gasteiger partial charge in [-0.15, -0.1) is 0 Å². The largest absolute Gasteiger partial charge is 0.497 e. The van der Waals surface area contributed by atoms with Crippen LogP contribution in [-0.2, 0) is 14.2 Å². The molecule has 0 heterocycles. The minimum absolute atomic E-state index is 0.00231. The monoisotopic (exact) mass is 294 g/mol. The van der Waals surface area contributed by atoms with Crippen molar-refractivity contribution in [2.24, 2.45) is 0 Å². The highest BCUT2D eigenvalue weighted by atomic mass is 16.5. The Labute approximate surface area is 127 Å². The fraction of sp³-hybridized carbons (Fsp3) is 0.529. The molecule has 1 aromatic rings. The first kappa shape index (κ1) is 17.5. The molecule has 1 rings (SSSR count). The summed E-state index contributed by atoms with van der Waals surface area (Å²) in [4.78, 5) is 0. The molecule has 0 radical (unpaired) electrons. The van der Waals surface area contributed by atoms with E-state index in [0.717, 1.165) is 16.9 Å². The molecule has 0 amide bonds. The van der Waals surface area contributed by atoms with Gasteiger partial charge in [0.1, 0.15) is 11.9 Å². The van der Waals surface area contributed by atoms with Crippen LogP contribution < -0.4 is 4.74 Å². The van der Waals surface area contributed by atoms with Crippen molar-refractivity contribution >= 4 is 5.57 Å². The van der Waals surface area contributed by atoms with Gasteiger partial charge in [-0.05, 0) is 44.0 Å². The second kappa shape index (κ2) is 9.42. The number of allylic oxidation sites excluding steroid dienone is 1. The molecular formula is C17H26O4. The molecule has 1 aromatic carbocycles. The minimum atomic E-state index is -0.00231. The lowest BCUT2D eigenvalue weighted by molar-refractivity contribution is -0.0302. The predicted octanol–water partition coefficient (Wildman–Crippen LogP) is 3.51. The van der Waals surface area contributed by atoms with Crippen molar-refractivity contribution in [1.82, 2.24) is 0 Å². The van der Waals surface area contributed by atoms with Gasteiger partial charge in [0.05, 0.1) is 32.7 Å². The molecule has 0 aliphatic carbocycles. The maximum atomic E-state index is 5.68. The van der Waals surface area contributed by atoms with Crippen LogP contribution in [-0.4, -0.2) is 39.6 Å². The van der Waals surface area contributed by atoms with Crippen molar-refractivity contribution in [3.8, 4) is 5.75 Å². The van der Waals surface area contributed by atoms with Crippen LogP contribution in [0.5, 0.6) is 5.75 Å². The lowest BCUT2D eigenvalue weighted by atomic mass is 10.1. The highest BCUT2D eigenvalue weighted by molar-refractivity contribution is 5.63. The van der Waals surface area contributed by atoms with Gasteiger partial charge in [0.2, 0.25) is 0 Å². The van der Waals surface area contributed by atoms with E-state index in [4.69, 9.17) is 18.9 Å².